The van der Waals surface area contributed by atoms with E-state index in [0.29, 0.717) is 6.54 Å². The first-order valence-corrected chi connectivity index (χ1v) is 4.74. The van der Waals surface area contributed by atoms with Gasteiger partial charge in [0.1, 0.15) is 5.75 Å². The zero-order valence-corrected chi connectivity index (χ0v) is 8.53. The molecule has 2 aromatic rings. The molecule has 0 unspecified atom stereocenters. The average molecular weight is 197 g/mol. The molecule has 0 atom stereocenters. The van der Waals surface area contributed by atoms with Gasteiger partial charge in [-0.15, -0.1) is 0 Å². The fourth-order valence-electron chi connectivity index (χ4n) is 1.75. The maximum absolute atomic E-state index is 6.96. The van der Waals surface area contributed by atoms with Gasteiger partial charge in [-0.25, -0.2) is 6.57 Å². The minimum atomic E-state index is 0.366. The van der Waals surface area contributed by atoms with E-state index in [4.69, 9.17) is 11.3 Å². The molecule has 0 fully saturated rings. The number of fused-ring (bicyclic) bond motifs is 1. The van der Waals surface area contributed by atoms with E-state index in [1.54, 1.807) is 7.11 Å². The van der Waals surface area contributed by atoms with Crippen molar-refractivity contribution in [3.63, 3.8) is 0 Å². The standard InChI is InChI=1S/C13H11NO/c1-14-9-12-11-6-4-3-5-10(11)7-8-13(12)15-2/h3-8H,9H2,2H3. The Morgan fingerprint density at radius 3 is 2.73 bits per heavy atom. The summed E-state index contributed by atoms with van der Waals surface area (Å²) in [6.45, 7) is 7.32. The van der Waals surface area contributed by atoms with Crippen LogP contribution in [0.1, 0.15) is 5.56 Å². The van der Waals surface area contributed by atoms with Crippen molar-refractivity contribution in [1.82, 2.24) is 0 Å². The van der Waals surface area contributed by atoms with Gasteiger partial charge in [-0.2, -0.15) is 0 Å². The molecule has 0 radical (unpaired) electrons. The zero-order chi connectivity index (χ0) is 10.7. The van der Waals surface area contributed by atoms with E-state index >= 15 is 0 Å². The van der Waals surface area contributed by atoms with E-state index in [-0.39, 0.29) is 0 Å². The summed E-state index contributed by atoms with van der Waals surface area (Å²) in [4.78, 5) is 3.43. The van der Waals surface area contributed by atoms with Crippen LogP contribution < -0.4 is 4.74 Å². The lowest BCUT2D eigenvalue weighted by Gasteiger charge is -2.07. The lowest BCUT2D eigenvalue weighted by Crippen LogP contribution is -1.91. The Bertz CT molecular complexity index is 526. The third-order valence-corrected chi connectivity index (χ3v) is 2.45. The summed E-state index contributed by atoms with van der Waals surface area (Å²) in [5, 5.41) is 2.25. The molecule has 0 amide bonds. The van der Waals surface area contributed by atoms with Gasteiger partial charge in [0.15, 0.2) is 0 Å². The molecule has 2 nitrogen and oxygen atoms in total. The molecule has 2 heteroatoms. The quantitative estimate of drug-likeness (QED) is 0.674. The van der Waals surface area contributed by atoms with Crippen LogP contribution >= 0.6 is 0 Å². The van der Waals surface area contributed by atoms with Crippen LogP contribution in [-0.2, 0) is 6.54 Å². The molecule has 0 aliphatic rings. The van der Waals surface area contributed by atoms with Crippen LogP contribution in [0.25, 0.3) is 15.6 Å². The minimum absolute atomic E-state index is 0.366. The summed E-state index contributed by atoms with van der Waals surface area (Å²) >= 11 is 0. The van der Waals surface area contributed by atoms with E-state index in [1.165, 1.54) is 0 Å². The minimum Gasteiger partial charge on any atom is -0.496 e. The number of hydrogen-bond acceptors (Lipinski definition) is 1. The molecule has 0 aromatic heterocycles. The van der Waals surface area contributed by atoms with Crippen molar-refractivity contribution in [3.8, 4) is 5.75 Å². The number of hydrogen-bond donors (Lipinski definition) is 0. The summed E-state index contributed by atoms with van der Waals surface area (Å²) < 4.78 is 5.26. The van der Waals surface area contributed by atoms with Crippen molar-refractivity contribution in [2.24, 2.45) is 0 Å². The predicted molar refractivity (Wildman–Crippen MR) is 60.8 cm³/mol. The highest BCUT2D eigenvalue weighted by Gasteiger charge is 2.09. The van der Waals surface area contributed by atoms with Crippen molar-refractivity contribution in [2.75, 3.05) is 7.11 Å². The summed E-state index contributed by atoms with van der Waals surface area (Å²) in [5.74, 6) is 0.796. The first-order valence-electron chi connectivity index (χ1n) is 4.74. The molecular formula is C13H11NO. The molecule has 0 aliphatic carbocycles. The molecule has 0 saturated carbocycles. The maximum atomic E-state index is 6.96. The second-order valence-electron chi connectivity index (χ2n) is 3.28. The molecule has 0 heterocycles. The lowest BCUT2D eigenvalue weighted by atomic mass is 10.0. The van der Waals surface area contributed by atoms with E-state index in [1.807, 2.05) is 36.4 Å². The summed E-state index contributed by atoms with van der Waals surface area (Å²) in [6, 6.07) is 12.0. The Labute approximate surface area is 88.9 Å². The van der Waals surface area contributed by atoms with E-state index in [2.05, 4.69) is 4.85 Å². The van der Waals surface area contributed by atoms with Gasteiger partial charge in [-0.3, -0.25) is 0 Å². The second-order valence-corrected chi connectivity index (χ2v) is 3.28. The first kappa shape index (κ1) is 9.54. The van der Waals surface area contributed by atoms with Crippen LogP contribution in [-0.4, -0.2) is 7.11 Å². The Kier molecular flexibility index (Phi) is 2.55. The smallest absolute Gasteiger partial charge is 0.243 e. The van der Waals surface area contributed by atoms with Gasteiger partial charge in [-0.1, -0.05) is 30.3 Å². The van der Waals surface area contributed by atoms with Crippen LogP contribution in [0.5, 0.6) is 5.75 Å². The van der Waals surface area contributed by atoms with Crippen molar-refractivity contribution < 1.29 is 4.74 Å². The summed E-state index contributed by atoms with van der Waals surface area (Å²) in [5.41, 5.74) is 0.977. The van der Waals surface area contributed by atoms with Gasteiger partial charge in [0.2, 0.25) is 6.54 Å². The Morgan fingerprint density at radius 1 is 1.20 bits per heavy atom. The summed E-state index contributed by atoms with van der Waals surface area (Å²) in [7, 11) is 1.64. The SMILES string of the molecule is [C-]#[N+]Cc1c(OC)ccc2ccccc12. The van der Waals surface area contributed by atoms with Gasteiger partial charge in [0.25, 0.3) is 0 Å². The Balaban J connectivity index is 2.74. The molecule has 0 spiro atoms. The first-order chi connectivity index (χ1) is 7.36. The second kappa shape index (κ2) is 4.02. The Hall–Kier alpha value is -2.01. The van der Waals surface area contributed by atoms with Crippen LogP contribution in [0.15, 0.2) is 36.4 Å². The van der Waals surface area contributed by atoms with Crippen LogP contribution in [0.3, 0.4) is 0 Å². The molecule has 0 N–H and O–H groups in total. The largest absolute Gasteiger partial charge is 0.496 e. The highest BCUT2D eigenvalue weighted by molar-refractivity contribution is 5.87. The predicted octanol–water partition coefficient (Wildman–Crippen LogP) is 3.27. The van der Waals surface area contributed by atoms with Crippen LogP contribution in [0.4, 0.5) is 0 Å². The molecule has 0 bridgehead atoms. The highest BCUT2D eigenvalue weighted by Crippen LogP contribution is 2.28. The topological polar surface area (TPSA) is 13.6 Å². The van der Waals surface area contributed by atoms with Gasteiger partial charge < -0.3 is 9.58 Å². The molecule has 15 heavy (non-hydrogen) atoms. The van der Waals surface area contributed by atoms with E-state index < -0.39 is 0 Å². The van der Waals surface area contributed by atoms with Gasteiger partial charge >= 0.3 is 0 Å². The zero-order valence-electron chi connectivity index (χ0n) is 8.53. The highest BCUT2D eigenvalue weighted by atomic mass is 16.5. The van der Waals surface area contributed by atoms with Crippen molar-refractivity contribution in [2.45, 2.75) is 6.54 Å². The van der Waals surface area contributed by atoms with Crippen molar-refractivity contribution in [3.05, 3.63) is 53.4 Å². The molecule has 0 saturated heterocycles. The van der Waals surface area contributed by atoms with E-state index in [0.717, 1.165) is 22.1 Å². The maximum Gasteiger partial charge on any atom is 0.243 e. The molecule has 0 aliphatic heterocycles. The summed E-state index contributed by atoms with van der Waals surface area (Å²) in [6.07, 6.45) is 0. The number of methoxy groups -OCH3 is 1. The van der Waals surface area contributed by atoms with Gasteiger partial charge in [0.05, 0.1) is 12.7 Å². The van der Waals surface area contributed by atoms with E-state index in [9.17, 15) is 0 Å². The number of nitrogens with zero attached hydrogens (tertiary/aromatic N) is 1. The fraction of sp³-hybridized carbons (Fsp3) is 0.154. The number of rotatable bonds is 2. The fourth-order valence-corrected chi connectivity index (χ4v) is 1.75. The normalized spacial score (nSPS) is 9.87. The Morgan fingerprint density at radius 2 is 2.00 bits per heavy atom. The molecule has 2 rings (SSSR count). The molecule has 2 aromatic carbocycles. The molecule has 74 valence electrons. The number of ether oxygens (including phenoxy) is 1. The van der Waals surface area contributed by atoms with Crippen molar-refractivity contribution in [1.29, 1.82) is 0 Å². The van der Waals surface area contributed by atoms with Gasteiger partial charge in [-0.05, 0) is 16.8 Å². The third-order valence-electron chi connectivity index (χ3n) is 2.45. The molecular weight excluding hydrogens is 186 g/mol. The monoisotopic (exact) mass is 197 g/mol. The van der Waals surface area contributed by atoms with Gasteiger partial charge in [0, 0.05) is 0 Å². The third kappa shape index (κ3) is 1.64. The van der Waals surface area contributed by atoms with Crippen LogP contribution in [0.2, 0.25) is 0 Å². The lowest BCUT2D eigenvalue weighted by molar-refractivity contribution is 0.411. The van der Waals surface area contributed by atoms with Crippen molar-refractivity contribution >= 4 is 10.8 Å². The number of benzene rings is 2. The van der Waals surface area contributed by atoms with Crippen LogP contribution in [0, 0.1) is 6.57 Å². The average Bonchev–Trinajstić information content (AvgIpc) is 2.30.